The van der Waals surface area contributed by atoms with Gasteiger partial charge in [-0.15, -0.1) is 0 Å². The molecule has 16 heavy (non-hydrogen) atoms. The molecule has 86 valence electrons. The van der Waals surface area contributed by atoms with Crippen molar-refractivity contribution in [3.05, 3.63) is 35.4 Å². The molecule has 4 nitrogen and oxygen atoms in total. The SMILES string of the molecule is Cc1cccc(C(=O)OC(=O)C(C)(C)N)c1. The van der Waals surface area contributed by atoms with E-state index in [1.807, 2.05) is 13.0 Å². The average molecular weight is 221 g/mol. The molecule has 0 spiro atoms. The Bertz CT molecular complexity index is 419. The van der Waals surface area contributed by atoms with Gasteiger partial charge in [-0.25, -0.2) is 9.59 Å². The Morgan fingerprint density at radius 2 is 1.94 bits per heavy atom. The smallest absolute Gasteiger partial charge is 0.345 e. The maximum Gasteiger partial charge on any atom is 0.345 e. The zero-order valence-electron chi connectivity index (χ0n) is 9.61. The Kier molecular flexibility index (Phi) is 3.44. The van der Waals surface area contributed by atoms with Gasteiger partial charge in [0.1, 0.15) is 5.54 Å². The number of hydrogen-bond donors (Lipinski definition) is 1. The van der Waals surface area contributed by atoms with E-state index in [-0.39, 0.29) is 0 Å². The Balaban J connectivity index is 2.78. The summed E-state index contributed by atoms with van der Waals surface area (Å²) >= 11 is 0. The fourth-order valence-electron chi connectivity index (χ4n) is 1.05. The molecule has 0 amide bonds. The molecule has 2 N–H and O–H groups in total. The Labute approximate surface area is 94.4 Å². The van der Waals surface area contributed by atoms with Crippen LogP contribution in [0.3, 0.4) is 0 Å². The molecule has 0 fully saturated rings. The van der Waals surface area contributed by atoms with Crippen LogP contribution in [-0.4, -0.2) is 17.5 Å². The molecule has 4 heteroatoms. The molecule has 0 bridgehead atoms. The summed E-state index contributed by atoms with van der Waals surface area (Å²) in [6, 6.07) is 6.82. The predicted octanol–water partition coefficient (Wildman–Crippen LogP) is 1.42. The topological polar surface area (TPSA) is 69.4 Å². The summed E-state index contributed by atoms with van der Waals surface area (Å²) < 4.78 is 4.65. The molecular weight excluding hydrogens is 206 g/mol. The van der Waals surface area contributed by atoms with E-state index in [0.29, 0.717) is 5.56 Å². The van der Waals surface area contributed by atoms with Crippen LogP contribution in [0.5, 0.6) is 0 Å². The summed E-state index contributed by atoms with van der Waals surface area (Å²) in [6.45, 7) is 4.82. The molecule has 1 aromatic carbocycles. The van der Waals surface area contributed by atoms with Crippen LogP contribution in [0.4, 0.5) is 0 Å². The number of carbonyl (C=O) groups excluding carboxylic acids is 2. The maximum absolute atomic E-state index is 11.6. The molecule has 0 saturated heterocycles. The van der Waals surface area contributed by atoms with Gasteiger partial charge in [-0.2, -0.15) is 0 Å². The number of hydrogen-bond acceptors (Lipinski definition) is 4. The first-order valence-corrected chi connectivity index (χ1v) is 4.93. The summed E-state index contributed by atoms with van der Waals surface area (Å²) in [7, 11) is 0. The lowest BCUT2D eigenvalue weighted by molar-refractivity contribution is -0.142. The van der Waals surface area contributed by atoms with Crippen LogP contribution in [0.25, 0.3) is 0 Å². The molecule has 0 saturated carbocycles. The number of aryl methyl sites for hydroxylation is 1. The molecule has 0 atom stereocenters. The average Bonchev–Trinajstić information content (AvgIpc) is 2.16. The van der Waals surface area contributed by atoms with Crippen molar-refractivity contribution in [2.24, 2.45) is 5.73 Å². The van der Waals surface area contributed by atoms with Gasteiger partial charge in [0.25, 0.3) is 0 Å². The van der Waals surface area contributed by atoms with Gasteiger partial charge >= 0.3 is 11.9 Å². The van der Waals surface area contributed by atoms with Gasteiger partial charge in [0.15, 0.2) is 0 Å². The van der Waals surface area contributed by atoms with Crippen molar-refractivity contribution in [3.8, 4) is 0 Å². The third kappa shape index (κ3) is 3.17. The van der Waals surface area contributed by atoms with Crippen molar-refractivity contribution in [3.63, 3.8) is 0 Å². The van der Waals surface area contributed by atoms with Gasteiger partial charge in [-0.1, -0.05) is 17.7 Å². The van der Waals surface area contributed by atoms with Gasteiger partial charge in [0.2, 0.25) is 0 Å². The lowest BCUT2D eigenvalue weighted by Crippen LogP contribution is -2.43. The minimum atomic E-state index is -1.17. The van der Waals surface area contributed by atoms with E-state index < -0.39 is 17.5 Å². The van der Waals surface area contributed by atoms with E-state index in [2.05, 4.69) is 4.74 Å². The molecular formula is C12H15NO3. The number of carbonyl (C=O) groups is 2. The Morgan fingerprint density at radius 1 is 1.31 bits per heavy atom. The van der Waals surface area contributed by atoms with E-state index in [4.69, 9.17) is 5.73 Å². The van der Waals surface area contributed by atoms with Gasteiger partial charge < -0.3 is 10.5 Å². The van der Waals surface area contributed by atoms with Crippen LogP contribution in [0.15, 0.2) is 24.3 Å². The molecule has 0 aliphatic heterocycles. The summed E-state index contributed by atoms with van der Waals surface area (Å²) in [5, 5.41) is 0. The molecule has 1 aromatic rings. The minimum Gasteiger partial charge on any atom is -0.388 e. The van der Waals surface area contributed by atoms with E-state index in [1.54, 1.807) is 18.2 Å². The van der Waals surface area contributed by atoms with Gasteiger partial charge in [-0.3, -0.25) is 0 Å². The quantitative estimate of drug-likeness (QED) is 0.605. The lowest BCUT2D eigenvalue weighted by atomic mass is 10.1. The van der Waals surface area contributed by atoms with E-state index >= 15 is 0 Å². The zero-order chi connectivity index (χ0) is 12.3. The second-order valence-electron chi connectivity index (χ2n) is 4.27. The van der Waals surface area contributed by atoms with Crippen molar-refractivity contribution < 1.29 is 14.3 Å². The number of esters is 2. The fourth-order valence-corrected chi connectivity index (χ4v) is 1.05. The highest BCUT2D eigenvalue weighted by atomic mass is 16.6. The largest absolute Gasteiger partial charge is 0.388 e. The molecule has 0 heterocycles. The standard InChI is InChI=1S/C12H15NO3/c1-8-5-4-6-9(7-8)10(14)16-11(15)12(2,3)13/h4-7H,13H2,1-3H3. The van der Waals surface area contributed by atoms with Crippen LogP contribution in [0.1, 0.15) is 29.8 Å². The zero-order valence-corrected chi connectivity index (χ0v) is 9.61. The van der Waals surface area contributed by atoms with Gasteiger partial charge in [0, 0.05) is 0 Å². The van der Waals surface area contributed by atoms with Gasteiger partial charge in [-0.05, 0) is 32.9 Å². The van der Waals surface area contributed by atoms with Crippen molar-refractivity contribution in [2.45, 2.75) is 26.3 Å². The van der Waals surface area contributed by atoms with Crippen molar-refractivity contribution in [2.75, 3.05) is 0 Å². The van der Waals surface area contributed by atoms with Crippen LogP contribution >= 0.6 is 0 Å². The second-order valence-corrected chi connectivity index (χ2v) is 4.27. The summed E-state index contributed by atoms with van der Waals surface area (Å²) in [5.74, 6) is -1.41. The first-order valence-electron chi connectivity index (χ1n) is 4.93. The van der Waals surface area contributed by atoms with Crippen LogP contribution in [0.2, 0.25) is 0 Å². The lowest BCUT2D eigenvalue weighted by Gasteiger charge is -2.15. The van der Waals surface area contributed by atoms with Crippen molar-refractivity contribution >= 4 is 11.9 Å². The number of nitrogens with two attached hydrogens (primary N) is 1. The molecule has 1 rings (SSSR count). The molecule has 0 aromatic heterocycles. The fraction of sp³-hybridized carbons (Fsp3) is 0.333. The van der Waals surface area contributed by atoms with Crippen molar-refractivity contribution in [1.29, 1.82) is 0 Å². The molecule has 0 unspecified atom stereocenters. The second kappa shape index (κ2) is 4.45. The first kappa shape index (κ1) is 12.4. The number of benzene rings is 1. The third-order valence-electron chi connectivity index (χ3n) is 1.97. The van der Waals surface area contributed by atoms with E-state index in [0.717, 1.165) is 5.56 Å². The Morgan fingerprint density at radius 3 is 2.44 bits per heavy atom. The third-order valence-corrected chi connectivity index (χ3v) is 1.97. The maximum atomic E-state index is 11.6. The molecule has 0 aliphatic rings. The predicted molar refractivity (Wildman–Crippen MR) is 59.9 cm³/mol. The monoisotopic (exact) mass is 221 g/mol. The number of ether oxygens (including phenoxy) is 1. The van der Waals surface area contributed by atoms with E-state index in [9.17, 15) is 9.59 Å². The Hall–Kier alpha value is -1.68. The highest BCUT2D eigenvalue weighted by Gasteiger charge is 2.26. The molecule has 0 radical (unpaired) electrons. The number of rotatable bonds is 2. The van der Waals surface area contributed by atoms with Gasteiger partial charge in [0.05, 0.1) is 5.56 Å². The summed E-state index contributed by atoms with van der Waals surface area (Å²) in [5.41, 5.74) is 5.61. The van der Waals surface area contributed by atoms with Crippen LogP contribution in [-0.2, 0) is 9.53 Å². The van der Waals surface area contributed by atoms with E-state index in [1.165, 1.54) is 13.8 Å². The highest BCUT2D eigenvalue weighted by molar-refractivity contribution is 5.99. The normalized spacial score (nSPS) is 11.0. The molecule has 0 aliphatic carbocycles. The first-order chi connectivity index (χ1) is 7.30. The summed E-state index contributed by atoms with van der Waals surface area (Å²) in [4.78, 5) is 22.9. The van der Waals surface area contributed by atoms with Crippen molar-refractivity contribution in [1.82, 2.24) is 0 Å². The van der Waals surface area contributed by atoms with Crippen LogP contribution in [0, 0.1) is 6.92 Å². The highest BCUT2D eigenvalue weighted by Crippen LogP contribution is 2.08. The minimum absolute atomic E-state index is 0.345. The summed E-state index contributed by atoms with van der Waals surface area (Å²) in [6.07, 6.45) is 0. The van der Waals surface area contributed by atoms with Crippen LogP contribution < -0.4 is 5.73 Å².